The highest BCUT2D eigenvalue weighted by Gasteiger charge is 2.40. The lowest BCUT2D eigenvalue weighted by atomic mass is 10.1. The minimum atomic E-state index is -0.824. The number of nitrogens with one attached hydrogen (secondary N) is 1. The zero-order valence-corrected chi connectivity index (χ0v) is 20.4. The van der Waals surface area contributed by atoms with Gasteiger partial charge >= 0.3 is 0 Å². The lowest BCUT2D eigenvalue weighted by molar-refractivity contribution is 0.0361. The molecule has 36 heavy (non-hydrogen) atoms. The molecule has 1 N–H and O–H groups in total. The van der Waals surface area contributed by atoms with Gasteiger partial charge in [0.1, 0.15) is 35.8 Å². The molecule has 2 amide bonds. The molecule has 192 valence electrons. The average Bonchev–Trinajstić information content (AvgIpc) is 2.84. The number of amides is 2. The van der Waals surface area contributed by atoms with Crippen molar-refractivity contribution in [3.8, 4) is 5.75 Å². The van der Waals surface area contributed by atoms with E-state index in [1.807, 2.05) is 6.92 Å². The molecule has 2 aromatic rings. The third kappa shape index (κ3) is 4.50. The number of pyridine rings is 1. The van der Waals surface area contributed by atoms with Crippen LogP contribution in [0.2, 0.25) is 0 Å². The Morgan fingerprint density at radius 2 is 2.06 bits per heavy atom. The van der Waals surface area contributed by atoms with Crippen molar-refractivity contribution < 1.29 is 27.9 Å². The summed E-state index contributed by atoms with van der Waals surface area (Å²) in [6, 6.07) is 2.78. The maximum Gasteiger partial charge on any atom is 0.274 e. The first kappa shape index (κ1) is 25.1. The fourth-order valence-corrected chi connectivity index (χ4v) is 4.31. The van der Waals surface area contributed by atoms with Crippen LogP contribution in [0.3, 0.4) is 0 Å². The molecule has 12 heteroatoms. The van der Waals surface area contributed by atoms with Crippen LogP contribution < -0.4 is 15.5 Å². The number of halogens is 2. The van der Waals surface area contributed by atoms with E-state index in [0.29, 0.717) is 24.9 Å². The van der Waals surface area contributed by atoms with Gasteiger partial charge in [0.2, 0.25) is 5.43 Å². The van der Waals surface area contributed by atoms with Crippen molar-refractivity contribution in [1.82, 2.24) is 19.7 Å². The standard InChI is InChI=1S/C24H27F2N5O5/c1-13-7-8-36-28-14(2)29(3)19-12-30(13)24(34)20-22(35-4)21(32)17(11-31(19)20)23(33)27-10-15-5-6-16(25)9-18(15)26/h5-6,9,11,13,19H,7-8,10,12H2,1-4H3,(H,27,33)/b28-14-/t13-,19+/m0/s1. The Hall–Kier alpha value is -3.96. The molecule has 3 heterocycles. The van der Waals surface area contributed by atoms with E-state index in [4.69, 9.17) is 9.57 Å². The number of amidine groups is 1. The SMILES string of the molecule is COc1c2n(cc(C(=O)NCc3ccc(F)cc3F)c1=O)[C@@H]1CN(C2=O)[C@@H](C)CCO/N=C(/C)N1C. The van der Waals surface area contributed by atoms with E-state index in [-0.39, 0.29) is 41.7 Å². The number of benzene rings is 1. The molecule has 1 aromatic carbocycles. The molecule has 2 aliphatic heterocycles. The number of carbonyl (C=O) groups excluding carboxylic acids is 2. The van der Waals surface area contributed by atoms with Crippen LogP contribution in [0.4, 0.5) is 8.78 Å². The number of carbonyl (C=O) groups is 2. The molecule has 0 fully saturated rings. The zero-order chi connectivity index (χ0) is 26.1. The number of ether oxygens (including phenoxy) is 1. The van der Waals surface area contributed by atoms with Crippen molar-refractivity contribution in [1.29, 1.82) is 0 Å². The number of aromatic nitrogens is 1. The first-order valence-corrected chi connectivity index (χ1v) is 11.4. The van der Waals surface area contributed by atoms with Gasteiger partial charge in [-0.15, -0.1) is 0 Å². The van der Waals surface area contributed by atoms with E-state index in [2.05, 4.69) is 10.5 Å². The van der Waals surface area contributed by atoms with Crippen molar-refractivity contribution in [3.63, 3.8) is 0 Å². The molecule has 10 nitrogen and oxygen atoms in total. The molecule has 0 saturated heterocycles. The largest absolute Gasteiger partial charge is 0.491 e. The topological polar surface area (TPSA) is 105 Å². The van der Waals surface area contributed by atoms with Crippen LogP contribution in [-0.4, -0.2) is 65.4 Å². The van der Waals surface area contributed by atoms with E-state index >= 15 is 0 Å². The number of nitrogens with zero attached hydrogens (tertiary/aromatic N) is 4. The van der Waals surface area contributed by atoms with Gasteiger partial charge in [-0.1, -0.05) is 11.2 Å². The van der Waals surface area contributed by atoms with Gasteiger partial charge in [0.05, 0.1) is 13.7 Å². The predicted molar refractivity (Wildman–Crippen MR) is 126 cm³/mol. The summed E-state index contributed by atoms with van der Waals surface area (Å²) in [5.74, 6) is -2.50. The molecule has 0 radical (unpaired) electrons. The molecule has 2 atom stereocenters. The monoisotopic (exact) mass is 503 g/mol. The first-order chi connectivity index (χ1) is 17.1. The zero-order valence-electron chi connectivity index (χ0n) is 20.4. The van der Waals surface area contributed by atoms with Crippen molar-refractivity contribution >= 4 is 17.6 Å². The Morgan fingerprint density at radius 3 is 2.75 bits per heavy atom. The normalized spacial score (nSPS) is 21.2. The minimum absolute atomic E-state index is 0.0212. The Bertz CT molecular complexity index is 1290. The molecular weight excluding hydrogens is 476 g/mol. The number of fused-ring (bicyclic) bond motifs is 4. The maximum absolute atomic E-state index is 14.0. The Kier molecular flexibility index (Phi) is 6.95. The lowest BCUT2D eigenvalue weighted by Crippen LogP contribution is -2.54. The highest BCUT2D eigenvalue weighted by Crippen LogP contribution is 2.31. The summed E-state index contributed by atoms with van der Waals surface area (Å²) in [6.07, 6.45) is 1.31. The minimum Gasteiger partial charge on any atom is -0.491 e. The summed E-state index contributed by atoms with van der Waals surface area (Å²) in [4.78, 5) is 48.6. The number of likely N-dealkylation sites (N-methyl/N-ethyl adjacent to an activating group) is 1. The van der Waals surface area contributed by atoms with Gasteiger partial charge in [-0.3, -0.25) is 14.4 Å². The lowest BCUT2D eigenvalue weighted by Gasteiger charge is -2.43. The summed E-state index contributed by atoms with van der Waals surface area (Å²) < 4.78 is 34.1. The third-order valence-electron chi connectivity index (χ3n) is 6.55. The van der Waals surface area contributed by atoms with Crippen molar-refractivity contribution in [2.45, 2.75) is 39.0 Å². The first-order valence-electron chi connectivity index (χ1n) is 11.4. The van der Waals surface area contributed by atoms with E-state index in [0.717, 1.165) is 6.07 Å². The maximum atomic E-state index is 14.0. The van der Waals surface area contributed by atoms with E-state index in [9.17, 15) is 23.2 Å². The fourth-order valence-electron chi connectivity index (χ4n) is 4.31. The Labute approximate surface area is 206 Å². The van der Waals surface area contributed by atoms with Crippen LogP contribution in [0.5, 0.6) is 5.75 Å². The van der Waals surface area contributed by atoms with Gasteiger partial charge in [0.15, 0.2) is 11.4 Å². The van der Waals surface area contributed by atoms with Gasteiger partial charge in [-0.2, -0.15) is 0 Å². The highest BCUT2D eigenvalue weighted by molar-refractivity contribution is 5.99. The second kappa shape index (κ2) is 9.96. The summed E-state index contributed by atoms with van der Waals surface area (Å²) in [7, 11) is 3.02. The third-order valence-corrected chi connectivity index (χ3v) is 6.55. The number of hydrogen-bond donors (Lipinski definition) is 1. The van der Waals surface area contributed by atoms with Gasteiger partial charge in [0, 0.05) is 43.9 Å². The smallest absolute Gasteiger partial charge is 0.274 e. The van der Waals surface area contributed by atoms with Gasteiger partial charge in [-0.25, -0.2) is 8.78 Å². The number of hydrogen-bond acceptors (Lipinski definition) is 7. The molecule has 2 bridgehead atoms. The molecule has 0 aliphatic carbocycles. The van der Waals surface area contributed by atoms with Crippen LogP contribution in [0.25, 0.3) is 0 Å². The Morgan fingerprint density at radius 1 is 1.31 bits per heavy atom. The molecule has 2 aliphatic rings. The molecule has 0 saturated carbocycles. The van der Waals surface area contributed by atoms with Crippen molar-refractivity contribution in [2.24, 2.45) is 5.16 Å². The molecule has 0 spiro atoms. The molecule has 4 rings (SSSR count). The quantitative estimate of drug-likeness (QED) is 0.685. The van der Waals surface area contributed by atoms with Crippen molar-refractivity contribution in [2.75, 3.05) is 27.3 Å². The molecule has 1 aromatic heterocycles. The molecular formula is C24H27F2N5O5. The second-order valence-corrected chi connectivity index (χ2v) is 8.74. The van der Waals surface area contributed by atoms with Crippen LogP contribution in [0, 0.1) is 11.6 Å². The fraction of sp³-hybridized carbons (Fsp3) is 0.417. The van der Waals surface area contributed by atoms with Crippen LogP contribution in [0.1, 0.15) is 52.8 Å². The van der Waals surface area contributed by atoms with E-state index in [1.54, 1.807) is 23.8 Å². The Balaban J connectivity index is 1.78. The highest BCUT2D eigenvalue weighted by atomic mass is 19.1. The second-order valence-electron chi connectivity index (χ2n) is 8.74. The summed E-state index contributed by atoms with van der Waals surface area (Å²) in [5, 5.41) is 6.61. The number of methoxy groups -OCH3 is 1. The summed E-state index contributed by atoms with van der Waals surface area (Å²) >= 11 is 0. The van der Waals surface area contributed by atoms with Crippen LogP contribution in [-0.2, 0) is 11.4 Å². The average molecular weight is 504 g/mol. The summed E-state index contributed by atoms with van der Waals surface area (Å²) in [5.41, 5.74) is -0.990. The van der Waals surface area contributed by atoms with Crippen molar-refractivity contribution in [3.05, 3.63) is 63.1 Å². The number of rotatable bonds is 4. The van der Waals surface area contributed by atoms with Gasteiger partial charge in [0.25, 0.3) is 11.8 Å². The van der Waals surface area contributed by atoms with Gasteiger partial charge in [-0.05, 0) is 19.9 Å². The van der Waals surface area contributed by atoms with E-state index in [1.165, 1.54) is 23.9 Å². The van der Waals surface area contributed by atoms with Gasteiger partial charge < -0.3 is 29.3 Å². The molecule has 0 unspecified atom stereocenters. The number of oxime groups is 1. The predicted octanol–water partition coefficient (Wildman–Crippen LogP) is 2.09. The summed E-state index contributed by atoms with van der Waals surface area (Å²) in [6.45, 7) is 3.94. The van der Waals surface area contributed by atoms with Crippen LogP contribution >= 0.6 is 0 Å². The van der Waals surface area contributed by atoms with Crippen LogP contribution in [0.15, 0.2) is 34.3 Å². The van der Waals surface area contributed by atoms with E-state index < -0.39 is 35.0 Å².